The molecule has 4 nitrogen and oxygen atoms in total. The Labute approximate surface area is 103 Å². The molecule has 1 N–H and O–H groups in total. The van der Waals surface area contributed by atoms with E-state index in [0.29, 0.717) is 0 Å². The van der Waals surface area contributed by atoms with E-state index in [4.69, 9.17) is 0 Å². The molecule has 0 saturated heterocycles. The van der Waals surface area contributed by atoms with Crippen LogP contribution in [0.25, 0.3) is 0 Å². The number of anilines is 1. The first-order chi connectivity index (χ1) is 8.19. The molecule has 94 valence electrons. The largest absolute Gasteiger partial charge is 0.369 e. The van der Waals surface area contributed by atoms with E-state index in [0.717, 1.165) is 42.9 Å². The topological polar surface area (TPSA) is 41.0 Å². The zero-order valence-electron chi connectivity index (χ0n) is 11.0. The van der Waals surface area contributed by atoms with Gasteiger partial charge in [-0.25, -0.2) is 9.97 Å². The van der Waals surface area contributed by atoms with Crippen molar-refractivity contribution in [3.8, 4) is 0 Å². The van der Waals surface area contributed by atoms with Gasteiger partial charge < -0.3 is 10.2 Å². The number of aryl methyl sites for hydroxylation is 2. The first-order valence-electron chi connectivity index (χ1n) is 6.47. The molecule has 0 amide bonds. The summed E-state index contributed by atoms with van der Waals surface area (Å²) in [6.45, 7) is 6.09. The van der Waals surface area contributed by atoms with Crippen LogP contribution in [0.3, 0.4) is 0 Å². The van der Waals surface area contributed by atoms with Crippen molar-refractivity contribution in [3.63, 3.8) is 0 Å². The monoisotopic (exact) mass is 234 g/mol. The van der Waals surface area contributed by atoms with E-state index >= 15 is 0 Å². The molecule has 0 radical (unpaired) electrons. The predicted octanol–water partition coefficient (Wildman–Crippen LogP) is 1.85. The lowest BCUT2D eigenvalue weighted by atomic mass is 10.3. The van der Waals surface area contributed by atoms with Crippen molar-refractivity contribution in [2.45, 2.75) is 39.2 Å². The maximum absolute atomic E-state index is 4.40. The molecule has 0 aliphatic heterocycles. The maximum Gasteiger partial charge on any atom is 0.129 e. The second-order valence-corrected chi connectivity index (χ2v) is 4.78. The van der Waals surface area contributed by atoms with Crippen molar-refractivity contribution < 1.29 is 0 Å². The van der Waals surface area contributed by atoms with Crippen molar-refractivity contribution in [3.05, 3.63) is 17.6 Å². The summed E-state index contributed by atoms with van der Waals surface area (Å²) in [7, 11) is 2.20. The van der Waals surface area contributed by atoms with Gasteiger partial charge in [0.1, 0.15) is 11.6 Å². The average molecular weight is 234 g/mol. The predicted molar refractivity (Wildman–Crippen MR) is 70.3 cm³/mol. The van der Waals surface area contributed by atoms with E-state index in [-0.39, 0.29) is 0 Å². The zero-order valence-corrected chi connectivity index (χ0v) is 11.0. The number of nitrogens with zero attached hydrogens (tertiary/aromatic N) is 3. The van der Waals surface area contributed by atoms with E-state index in [1.165, 1.54) is 12.8 Å². The Bertz CT molecular complexity index is 374. The molecule has 1 aliphatic carbocycles. The Kier molecular flexibility index (Phi) is 3.94. The Morgan fingerprint density at radius 1 is 1.41 bits per heavy atom. The second-order valence-electron chi connectivity index (χ2n) is 4.78. The molecule has 1 aromatic heterocycles. The fourth-order valence-corrected chi connectivity index (χ4v) is 1.96. The van der Waals surface area contributed by atoms with Crippen LogP contribution in [-0.2, 0) is 6.42 Å². The standard InChI is InChI=1S/C13H22N4/c1-4-11-9-13(16-10(2)15-11)14-7-8-17(3)12-5-6-12/h9,12H,4-8H2,1-3H3,(H,14,15,16). The normalized spacial score (nSPS) is 15.3. The van der Waals surface area contributed by atoms with Gasteiger partial charge in [0.15, 0.2) is 0 Å². The van der Waals surface area contributed by atoms with Crippen LogP contribution in [0, 0.1) is 6.92 Å². The van der Waals surface area contributed by atoms with Gasteiger partial charge in [-0.1, -0.05) is 6.92 Å². The molecule has 0 aromatic carbocycles. The molecule has 1 aliphatic rings. The SMILES string of the molecule is CCc1cc(NCCN(C)C2CC2)nc(C)n1. The highest BCUT2D eigenvalue weighted by Gasteiger charge is 2.25. The molecule has 2 rings (SSSR count). The number of hydrogen-bond donors (Lipinski definition) is 1. The summed E-state index contributed by atoms with van der Waals surface area (Å²) in [5, 5.41) is 3.38. The first-order valence-corrected chi connectivity index (χ1v) is 6.47. The summed E-state index contributed by atoms with van der Waals surface area (Å²) in [5.41, 5.74) is 1.11. The van der Waals surface area contributed by atoms with E-state index in [1.807, 2.05) is 13.0 Å². The molecule has 0 unspecified atom stereocenters. The quantitative estimate of drug-likeness (QED) is 0.815. The number of aromatic nitrogens is 2. The van der Waals surface area contributed by atoms with Gasteiger partial charge in [0, 0.05) is 30.9 Å². The highest BCUT2D eigenvalue weighted by Crippen LogP contribution is 2.24. The summed E-state index contributed by atoms with van der Waals surface area (Å²) < 4.78 is 0. The van der Waals surface area contributed by atoms with Gasteiger partial charge in [-0.2, -0.15) is 0 Å². The van der Waals surface area contributed by atoms with Gasteiger partial charge >= 0.3 is 0 Å². The lowest BCUT2D eigenvalue weighted by molar-refractivity contribution is 0.337. The van der Waals surface area contributed by atoms with Crippen LogP contribution >= 0.6 is 0 Å². The van der Waals surface area contributed by atoms with Crippen molar-refractivity contribution in [1.29, 1.82) is 0 Å². The number of likely N-dealkylation sites (N-methyl/N-ethyl adjacent to an activating group) is 1. The minimum Gasteiger partial charge on any atom is -0.369 e. The summed E-state index contributed by atoms with van der Waals surface area (Å²) in [6, 6.07) is 2.87. The van der Waals surface area contributed by atoms with Gasteiger partial charge in [0.2, 0.25) is 0 Å². The molecular weight excluding hydrogens is 212 g/mol. The average Bonchev–Trinajstić information content (AvgIpc) is 3.12. The fourth-order valence-electron chi connectivity index (χ4n) is 1.96. The van der Waals surface area contributed by atoms with E-state index in [1.54, 1.807) is 0 Å². The Morgan fingerprint density at radius 3 is 2.82 bits per heavy atom. The highest BCUT2D eigenvalue weighted by molar-refractivity contribution is 5.35. The minimum atomic E-state index is 0.829. The van der Waals surface area contributed by atoms with Crippen molar-refractivity contribution >= 4 is 5.82 Å². The summed E-state index contributed by atoms with van der Waals surface area (Å²) in [4.78, 5) is 11.2. The first kappa shape index (κ1) is 12.3. The molecule has 0 bridgehead atoms. The zero-order chi connectivity index (χ0) is 12.3. The van der Waals surface area contributed by atoms with Crippen LogP contribution in [0.5, 0.6) is 0 Å². The molecule has 0 spiro atoms. The van der Waals surface area contributed by atoms with Crippen molar-refractivity contribution in [2.75, 3.05) is 25.5 Å². The number of hydrogen-bond acceptors (Lipinski definition) is 4. The second kappa shape index (κ2) is 5.45. The minimum absolute atomic E-state index is 0.829. The highest BCUT2D eigenvalue weighted by atomic mass is 15.2. The van der Waals surface area contributed by atoms with Crippen LogP contribution < -0.4 is 5.32 Å². The fraction of sp³-hybridized carbons (Fsp3) is 0.692. The van der Waals surface area contributed by atoms with E-state index in [2.05, 4.69) is 34.2 Å². The molecular formula is C13H22N4. The van der Waals surface area contributed by atoms with Crippen LogP contribution in [0.15, 0.2) is 6.07 Å². The molecule has 17 heavy (non-hydrogen) atoms. The van der Waals surface area contributed by atoms with Crippen LogP contribution in [0.1, 0.15) is 31.3 Å². The van der Waals surface area contributed by atoms with Crippen molar-refractivity contribution in [2.24, 2.45) is 0 Å². The van der Waals surface area contributed by atoms with Crippen molar-refractivity contribution in [1.82, 2.24) is 14.9 Å². The third-order valence-corrected chi connectivity index (χ3v) is 3.19. The van der Waals surface area contributed by atoms with E-state index in [9.17, 15) is 0 Å². The third-order valence-electron chi connectivity index (χ3n) is 3.19. The molecule has 1 aromatic rings. The van der Waals surface area contributed by atoms with Gasteiger partial charge in [-0.3, -0.25) is 0 Å². The van der Waals surface area contributed by atoms with Crippen LogP contribution in [0.2, 0.25) is 0 Å². The van der Waals surface area contributed by atoms with Gasteiger partial charge in [0.05, 0.1) is 0 Å². The third kappa shape index (κ3) is 3.66. The summed E-state index contributed by atoms with van der Waals surface area (Å²) in [5.74, 6) is 1.81. The lowest BCUT2D eigenvalue weighted by Gasteiger charge is -2.16. The maximum atomic E-state index is 4.40. The summed E-state index contributed by atoms with van der Waals surface area (Å²) in [6.07, 6.45) is 3.69. The number of nitrogens with one attached hydrogen (secondary N) is 1. The Balaban J connectivity index is 1.83. The van der Waals surface area contributed by atoms with Gasteiger partial charge in [-0.05, 0) is 33.2 Å². The van der Waals surface area contributed by atoms with Crippen LogP contribution in [0.4, 0.5) is 5.82 Å². The molecule has 1 fully saturated rings. The van der Waals surface area contributed by atoms with E-state index < -0.39 is 0 Å². The van der Waals surface area contributed by atoms with Crippen LogP contribution in [-0.4, -0.2) is 41.0 Å². The Hall–Kier alpha value is -1.16. The summed E-state index contributed by atoms with van der Waals surface area (Å²) >= 11 is 0. The lowest BCUT2D eigenvalue weighted by Crippen LogP contribution is -2.27. The molecule has 1 heterocycles. The Morgan fingerprint density at radius 2 is 2.18 bits per heavy atom. The number of rotatable bonds is 6. The molecule has 1 saturated carbocycles. The van der Waals surface area contributed by atoms with Gasteiger partial charge in [0.25, 0.3) is 0 Å². The van der Waals surface area contributed by atoms with Gasteiger partial charge in [-0.15, -0.1) is 0 Å². The molecule has 4 heteroatoms. The molecule has 0 atom stereocenters. The smallest absolute Gasteiger partial charge is 0.129 e.